The Kier molecular flexibility index (Phi) is 16.9. The van der Waals surface area contributed by atoms with E-state index in [1.54, 1.807) is 22.7 Å². The van der Waals surface area contributed by atoms with E-state index < -0.39 is 0 Å². The van der Waals surface area contributed by atoms with Crippen molar-refractivity contribution in [2.45, 2.75) is 6.42 Å². The molecule has 0 amide bonds. The fourth-order valence-corrected chi connectivity index (χ4v) is 18.9. The Morgan fingerprint density at radius 1 is 0.232 bits per heavy atom. The van der Waals surface area contributed by atoms with Gasteiger partial charge in [-0.2, -0.15) is 0 Å². The van der Waals surface area contributed by atoms with Crippen molar-refractivity contribution in [2.24, 2.45) is 0 Å². The molecule has 456 valence electrons. The molecule has 0 fully saturated rings. The van der Waals surface area contributed by atoms with Crippen LogP contribution in [0.5, 0.6) is 0 Å². The fourth-order valence-electron chi connectivity index (χ4n) is 12.8. The van der Waals surface area contributed by atoms with E-state index in [4.69, 9.17) is 23.2 Å². The van der Waals surface area contributed by atoms with Crippen molar-refractivity contribution in [3.8, 4) is 0 Å². The van der Waals surface area contributed by atoms with Gasteiger partial charge in [0.15, 0.2) is 0 Å². The topological polar surface area (TPSA) is 9.72 Å². The molecule has 18 rings (SSSR count). The molecule has 4 aromatic heterocycles. The molecule has 0 spiro atoms. The molecule has 0 unspecified atom stereocenters. The molecular weight excluding hydrogens is 1340 g/mol. The summed E-state index contributed by atoms with van der Waals surface area (Å²) in [4.78, 5) is 6.96. The molecule has 0 aliphatic carbocycles. The molecule has 4 heterocycles. The smallest absolute Gasteiger partial charge is 0.0519 e. The molecule has 14 aromatic carbocycles. The zero-order valence-electron chi connectivity index (χ0n) is 51.0. The highest BCUT2D eigenvalue weighted by atomic mass is 79.9. The molecule has 3 nitrogen and oxygen atoms in total. The number of hydrogen-bond acceptors (Lipinski definition) is 7. The van der Waals surface area contributed by atoms with Gasteiger partial charge in [-0.3, -0.25) is 0 Å². The molecule has 0 radical (unpaired) electrons. The van der Waals surface area contributed by atoms with Crippen LogP contribution >= 0.6 is 84.5 Å². The van der Waals surface area contributed by atoms with Crippen molar-refractivity contribution >= 4 is 216 Å². The third-order valence-electron chi connectivity index (χ3n) is 17.1. The lowest BCUT2D eigenvalue weighted by Gasteiger charge is -2.26. The Balaban J connectivity index is 0.000000128. The summed E-state index contributed by atoms with van der Waals surface area (Å²) >= 11 is 24.1. The van der Waals surface area contributed by atoms with Gasteiger partial charge in [0, 0.05) is 136 Å². The van der Waals surface area contributed by atoms with Crippen molar-refractivity contribution in [2.75, 3.05) is 14.7 Å². The van der Waals surface area contributed by atoms with E-state index in [1.807, 2.05) is 34.8 Å². The SMILES string of the molecule is Clc1cc(Br)cc2sc3ccccc3c12.Clc1cc(N(c2ccccc2)c2ccc3c(c2)sc2ccc(N(c4ccccc4)c4ccccc4)cc23)cc2sc3ccccc3c12.c1ccc(Cc2ccc3c(c2)sc2ccc(N(c4ccccc4)c4ccccc4)cc23)cc1. The summed E-state index contributed by atoms with van der Waals surface area (Å²) in [7, 11) is 0. The van der Waals surface area contributed by atoms with E-state index in [0.29, 0.717) is 0 Å². The van der Waals surface area contributed by atoms with E-state index >= 15 is 0 Å². The number of anilines is 9. The molecule has 0 aliphatic heterocycles. The Morgan fingerprint density at radius 3 is 1.06 bits per heavy atom. The van der Waals surface area contributed by atoms with Gasteiger partial charge in [0.1, 0.15) is 0 Å². The molecular formula is C85H56BrCl2N3S4. The van der Waals surface area contributed by atoms with Crippen LogP contribution in [0.4, 0.5) is 51.2 Å². The van der Waals surface area contributed by atoms with Crippen LogP contribution in [0.15, 0.2) is 332 Å². The number of fused-ring (bicyclic) bond motifs is 12. The Bertz CT molecular complexity index is 5680. The van der Waals surface area contributed by atoms with Crippen LogP contribution in [0.1, 0.15) is 11.1 Å². The second-order valence-corrected chi connectivity index (χ2v) is 29.2. The third-order valence-corrected chi connectivity index (χ3v) is 22.7. The van der Waals surface area contributed by atoms with Gasteiger partial charge in [-0.1, -0.05) is 215 Å². The standard InChI is InChI=1S/C42H27ClN2S2.C31H23NS.C12H6BrClS/c43-37-25-33(27-41-42(37)35-18-10-11-19-38(35)47-41)45(30-16-8-3-9-17-30)32-20-22-34-36-24-31(21-23-39(36)46-40(34)26-32)44(28-12-4-1-5-13-28)29-14-6-2-7-15-29;1-4-10-23(11-5-1)20-24-16-18-28-29-22-27(17-19-30(29)33-31(28)21-24)32(25-12-6-2-7-13-25)26-14-8-3-9-15-26;13-7-5-9(14)12-8-3-1-2-4-10(8)15-11(12)6-7/h1-27H;1-19,21-22H,20H2;1-6H. The first-order chi connectivity index (χ1) is 46.8. The highest BCUT2D eigenvalue weighted by Gasteiger charge is 2.21. The largest absolute Gasteiger partial charge is 0.310 e. The summed E-state index contributed by atoms with van der Waals surface area (Å²) < 4.78 is 11.2. The summed E-state index contributed by atoms with van der Waals surface area (Å²) in [5, 5.41) is 11.5. The number of para-hydroxylation sites is 5. The van der Waals surface area contributed by atoms with E-state index in [-0.39, 0.29) is 0 Å². The van der Waals surface area contributed by atoms with Gasteiger partial charge in [-0.25, -0.2) is 0 Å². The highest BCUT2D eigenvalue weighted by Crippen LogP contribution is 2.48. The number of halogens is 3. The Hall–Kier alpha value is -9.58. The lowest BCUT2D eigenvalue weighted by atomic mass is 10.0. The van der Waals surface area contributed by atoms with E-state index in [2.05, 4.69) is 346 Å². The Morgan fingerprint density at radius 2 is 0.579 bits per heavy atom. The lowest BCUT2D eigenvalue weighted by molar-refractivity contribution is 1.20. The van der Waals surface area contributed by atoms with Gasteiger partial charge in [0.05, 0.1) is 10.0 Å². The zero-order chi connectivity index (χ0) is 63.8. The number of thiophene rings is 4. The van der Waals surface area contributed by atoms with Crippen LogP contribution in [0.25, 0.3) is 80.7 Å². The predicted molar refractivity (Wildman–Crippen MR) is 422 cm³/mol. The van der Waals surface area contributed by atoms with E-state index in [1.165, 1.54) is 92.1 Å². The van der Waals surface area contributed by atoms with Crippen LogP contribution in [0.3, 0.4) is 0 Å². The minimum atomic E-state index is 0.771. The average molecular weight is 1400 g/mol. The van der Waals surface area contributed by atoms with Crippen molar-refractivity contribution < 1.29 is 0 Å². The van der Waals surface area contributed by atoms with Crippen molar-refractivity contribution in [1.82, 2.24) is 0 Å². The van der Waals surface area contributed by atoms with Gasteiger partial charge in [-0.15, -0.1) is 45.3 Å². The minimum Gasteiger partial charge on any atom is -0.310 e. The molecule has 10 heteroatoms. The van der Waals surface area contributed by atoms with Crippen molar-refractivity contribution in [3.05, 3.63) is 353 Å². The maximum atomic E-state index is 7.06. The van der Waals surface area contributed by atoms with Crippen LogP contribution < -0.4 is 14.7 Å². The molecule has 0 saturated heterocycles. The number of hydrogen-bond donors (Lipinski definition) is 0. The first kappa shape index (κ1) is 60.4. The molecule has 0 aliphatic rings. The summed E-state index contributed by atoms with van der Waals surface area (Å²) in [6.07, 6.45) is 0.964. The summed E-state index contributed by atoms with van der Waals surface area (Å²) in [6.45, 7) is 0. The molecule has 0 saturated carbocycles. The second kappa shape index (κ2) is 26.7. The summed E-state index contributed by atoms with van der Waals surface area (Å²) in [5.41, 5.74) is 12.8. The second-order valence-electron chi connectivity index (χ2n) is 23.2. The van der Waals surface area contributed by atoms with Gasteiger partial charge in [-0.05, 0) is 169 Å². The first-order valence-corrected chi connectivity index (χ1v) is 36.1. The van der Waals surface area contributed by atoms with Gasteiger partial charge < -0.3 is 14.7 Å². The lowest BCUT2D eigenvalue weighted by Crippen LogP contribution is -2.09. The highest BCUT2D eigenvalue weighted by molar-refractivity contribution is 9.10. The van der Waals surface area contributed by atoms with Crippen LogP contribution in [0, 0.1) is 0 Å². The maximum Gasteiger partial charge on any atom is 0.0519 e. The van der Waals surface area contributed by atoms with Crippen LogP contribution in [0.2, 0.25) is 10.0 Å². The van der Waals surface area contributed by atoms with Gasteiger partial charge in [0.25, 0.3) is 0 Å². The quantitative estimate of drug-likeness (QED) is 0.128. The van der Waals surface area contributed by atoms with Gasteiger partial charge >= 0.3 is 0 Å². The third kappa shape index (κ3) is 12.2. The summed E-state index contributed by atoms with van der Waals surface area (Å²) in [5.74, 6) is 0. The monoisotopic (exact) mass is 1400 g/mol. The first-order valence-electron chi connectivity index (χ1n) is 31.3. The van der Waals surface area contributed by atoms with Crippen molar-refractivity contribution in [3.63, 3.8) is 0 Å². The molecule has 0 N–H and O–H groups in total. The zero-order valence-corrected chi connectivity index (χ0v) is 57.4. The molecule has 0 bridgehead atoms. The Labute approximate surface area is 585 Å². The van der Waals surface area contributed by atoms with Gasteiger partial charge in [0.2, 0.25) is 0 Å². The summed E-state index contributed by atoms with van der Waals surface area (Å²) in [6, 6.07) is 116. The number of nitrogens with zero attached hydrogens (tertiary/aromatic N) is 3. The van der Waals surface area contributed by atoms with E-state index in [9.17, 15) is 0 Å². The van der Waals surface area contributed by atoms with Crippen LogP contribution in [-0.2, 0) is 6.42 Å². The molecule has 0 atom stereocenters. The minimum absolute atomic E-state index is 0.771. The van der Waals surface area contributed by atoms with Crippen LogP contribution in [-0.4, -0.2) is 0 Å². The predicted octanol–water partition coefficient (Wildman–Crippen LogP) is 28.6. The van der Waals surface area contributed by atoms with E-state index in [0.717, 1.165) is 71.8 Å². The molecule has 18 aromatic rings. The van der Waals surface area contributed by atoms with Crippen molar-refractivity contribution in [1.29, 1.82) is 0 Å². The fraction of sp³-hybridized carbons (Fsp3) is 0.0118. The number of benzene rings is 14. The average Bonchev–Trinajstić information content (AvgIpc) is 1.68. The molecule has 95 heavy (non-hydrogen) atoms. The maximum absolute atomic E-state index is 7.06. The normalized spacial score (nSPS) is 11.4. The number of rotatable bonds is 11.